The SMILES string of the molecule is CCSc1cccc(NCC2CCOC2)c1C(=O)O. The van der Waals surface area contributed by atoms with Gasteiger partial charge in [-0.1, -0.05) is 13.0 Å². The molecule has 0 bridgehead atoms. The zero-order chi connectivity index (χ0) is 13.7. The minimum absolute atomic E-state index is 0.383. The normalized spacial score (nSPS) is 18.5. The average Bonchev–Trinajstić information content (AvgIpc) is 2.89. The van der Waals surface area contributed by atoms with Crippen LogP contribution in [0.3, 0.4) is 0 Å². The number of benzene rings is 1. The van der Waals surface area contributed by atoms with Gasteiger partial charge in [-0.15, -0.1) is 11.8 Å². The highest BCUT2D eigenvalue weighted by atomic mass is 32.2. The van der Waals surface area contributed by atoms with Gasteiger partial charge in [0.2, 0.25) is 0 Å². The topological polar surface area (TPSA) is 58.6 Å². The van der Waals surface area contributed by atoms with Crippen molar-refractivity contribution in [2.45, 2.75) is 18.2 Å². The molecule has 0 radical (unpaired) electrons. The summed E-state index contributed by atoms with van der Waals surface area (Å²) in [7, 11) is 0. The van der Waals surface area contributed by atoms with Crippen molar-refractivity contribution in [2.75, 3.05) is 30.8 Å². The van der Waals surface area contributed by atoms with Crippen LogP contribution < -0.4 is 5.32 Å². The molecule has 1 saturated heterocycles. The minimum Gasteiger partial charge on any atom is -0.478 e. The van der Waals surface area contributed by atoms with Crippen LogP contribution in [-0.4, -0.2) is 36.6 Å². The Bertz CT molecular complexity index is 444. The maximum atomic E-state index is 11.4. The molecule has 5 heteroatoms. The molecule has 1 aliphatic heterocycles. The van der Waals surface area contributed by atoms with Crippen LogP contribution in [0.1, 0.15) is 23.7 Å². The second-order valence-corrected chi connectivity index (χ2v) is 5.83. The number of thioether (sulfide) groups is 1. The zero-order valence-electron chi connectivity index (χ0n) is 11.0. The Kier molecular flexibility index (Phi) is 5.10. The van der Waals surface area contributed by atoms with Gasteiger partial charge in [-0.3, -0.25) is 0 Å². The van der Waals surface area contributed by atoms with Crippen LogP contribution in [0, 0.1) is 5.92 Å². The van der Waals surface area contributed by atoms with E-state index in [2.05, 4.69) is 5.32 Å². The molecule has 1 aromatic rings. The van der Waals surface area contributed by atoms with E-state index in [1.807, 2.05) is 25.1 Å². The Morgan fingerprint density at radius 1 is 1.58 bits per heavy atom. The molecular formula is C14H19NO3S. The van der Waals surface area contributed by atoms with E-state index >= 15 is 0 Å². The van der Waals surface area contributed by atoms with Gasteiger partial charge >= 0.3 is 5.97 Å². The third-order valence-corrected chi connectivity index (χ3v) is 4.08. The molecule has 2 rings (SSSR count). The third kappa shape index (κ3) is 3.64. The quantitative estimate of drug-likeness (QED) is 0.785. The molecule has 1 unspecified atom stereocenters. The first-order chi connectivity index (χ1) is 9.22. The molecule has 1 fully saturated rings. The van der Waals surface area contributed by atoms with E-state index in [1.54, 1.807) is 11.8 Å². The number of carboxylic acids is 1. The molecule has 0 saturated carbocycles. The van der Waals surface area contributed by atoms with Crippen LogP contribution >= 0.6 is 11.8 Å². The molecule has 0 aromatic heterocycles. The Morgan fingerprint density at radius 2 is 2.42 bits per heavy atom. The van der Waals surface area contributed by atoms with Crippen LogP contribution in [0.25, 0.3) is 0 Å². The van der Waals surface area contributed by atoms with E-state index in [0.29, 0.717) is 17.2 Å². The molecule has 104 valence electrons. The fourth-order valence-corrected chi connectivity index (χ4v) is 3.00. The van der Waals surface area contributed by atoms with E-state index in [4.69, 9.17) is 4.74 Å². The molecule has 0 spiro atoms. The van der Waals surface area contributed by atoms with Crippen molar-refractivity contribution in [1.29, 1.82) is 0 Å². The Morgan fingerprint density at radius 3 is 3.05 bits per heavy atom. The summed E-state index contributed by atoms with van der Waals surface area (Å²) < 4.78 is 5.33. The number of anilines is 1. The fourth-order valence-electron chi connectivity index (χ4n) is 2.17. The van der Waals surface area contributed by atoms with Crippen LogP contribution in [0.5, 0.6) is 0 Å². The van der Waals surface area contributed by atoms with Crippen molar-refractivity contribution in [1.82, 2.24) is 0 Å². The molecule has 0 amide bonds. The average molecular weight is 281 g/mol. The lowest BCUT2D eigenvalue weighted by Crippen LogP contribution is -2.16. The predicted octanol–water partition coefficient (Wildman–Crippen LogP) is 2.95. The summed E-state index contributed by atoms with van der Waals surface area (Å²) in [5.74, 6) is 0.464. The second-order valence-electron chi connectivity index (χ2n) is 4.53. The van der Waals surface area contributed by atoms with E-state index in [1.165, 1.54) is 0 Å². The maximum absolute atomic E-state index is 11.4. The number of carbonyl (C=O) groups is 1. The van der Waals surface area contributed by atoms with Gasteiger partial charge in [0, 0.05) is 29.7 Å². The van der Waals surface area contributed by atoms with Crippen molar-refractivity contribution >= 4 is 23.4 Å². The number of hydrogen-bond acceptors (Lipinski definition) is 4. The largest absolute Gasteiger partial charge is 0.478 e. The second kappa shape index (κ2) is 6.82. The highest BCUT2D eigenvalue weighted by molar-refractivity contribution is 7.99. The molecule has 1 atom stereocenters. The first kappa shape index (κ1) is 14.2. The predicted molar refractivity (Wildman–Crippen MR) is 77.2 cm³/mol. The number of hydrogen-bond donors (Lipinski definition) is 2. The first-order valence-corrected chi connectivity index (χ1v) is 7.51. The number of nitrogens with one attached hydrogen (secondary N) is 1. The third-order valence-electron chi connectivity index (χ3n) is 3.15. The summed E-state index contributed by atoms with van der Waals surface area (Å²) in [6.07, 6.45) is 1.04. The number of rotatable bonds is 6. The number of ether oxygens (including phenoxy) is 1. The van der Waals surface area contributed by atoms with Crippen LogP contribution in [0.4, 0.5) is 5.69 Å². The summed E-state index contributed by atoms with van der Waals surface area (Å²) in [6.45, 7) is 4.36. The van der Waals surface area contributed by atoms with Crippen molar-refractivity contribution < 1.29 is 14.6 Å². The zero-order valence-corrected chi connectivity index (χ0v) is 11.8. The van der Waals surface area contributed by atoms with Crippen molar-refractivity contribution in [3.05, 3.63) is 23.8 Å². The molecule has 1 aromatic carbocycles. The molecule has 1 heterocycles. The molecule has 0 aliphatic carbocycles. The van der Waals surface area contributed by atoms with Crippen LogP contribution in [-0.2, 0) is 4.74 Å². The van der Waals surface area contributed by atoms with Gasteiger partial charge in [-0.2, -0.15) is 0 Å². The van der Waals surface area contributed by atoms with Gasteiger partial charge in [0.25, 0.3) is 0 Å². The molecular weight excluding hydrogens is 262 g/mol. The van der Waals surface area contributed by atoms with Gasteiger partial charge < -0.3 is 15.2 Å². The molecule has 4 nitrogen and oxygen atoms in total. The number of aromatic carboxylic acids is 1. The van der Waals surface area contributed by atoms with Crippen molar-refractivity contribution in [2.24, 2.45) is 5.92 Å². The van der Waals surface area contributed by atoms with Gasteiger partial charge in [0.05, 0.1) is 12.2 Å². The highest BCUT2D eigenvalue weighted by Crippen LogP contribution is 2.29. The van der Waals surface area contributed by atoms with E-state index in [9.17, 15) is 9.90 Å². The standard InChI is InChI=1S/C14H19NO3S/c1-2-19-12-5-3-4-11(13(12)14(16)17)15-8-10-6-7-18-9-10/h3-5,10,15H,2,6-9H2,1H3,(H,16,17). The lowest BCUT2D eigenvalue weighted by Gasteiger charge is -2.15. The molecule has 19 heavy (non-hydrogen) atoms. The molecule has 1 aliphatic rings. The van der Waals surface area contributed by atoms with Gasteiger partial charge in [-0.25, -0.2) is 4.79 Å². The van der Waals surface area contributed by atoms with E-state index < -0.39 is 5.97 Å². The minimum atomic E-state index is -0.873. The Labute approximate surface area is 117 Å². The van der Waals surface area contributed by atoms with Gasteiger partial charge in [0.15, 0.2) is 0 Å². The summed E-state index contributed by atoms with van der Waals surface area (Å²) in [6, 6.07) is 5.60. The lowest BCUT2D eigenvalue weighted by molar-refractivity contribution is 0.0694. The smallest absolute Gasteiger partial charge is 0.338 e. The fraction of sp³-hybridized carbons (Fsp3) is 0.500. The highest BCUT2D eigenvalue weighted by Gasteiger charge is 2.18. The Hall–Kier alpha value is -1.20. The summed E-state index contributed by atoms with van der Waals surface area (Å²) in [5, 5.41) is 12.6. The number of carboxylic acid groups (broad SMARTS) is 1. The van der Waals surface area contributed by atoms with Crippen molar-refractivity contribution in [3.8, 4) is 0 Å². The van der Waals surface area contributed by atoms with E-state index in [-0.39, 0.29) is 0 Å². The summed E-state index contributed by atoms with van der Waals surface area (Å²) in [4.78, 5) is 12.3. The van der Waals surface area contributed by atoms with Crippen LogP contribution in [0.2, 0.25) is 0 Å². The summed E-state index contributed by atoms with van der Waals surface area (Å²) in [5.41, 5.74) is 1.09. The van der Waals surface area contributed by atoms with Gasteiger partial charge in [-0.05, 0) is 24.3 Å². The first-order valence-electron chi connectivity index (χ1n) is 6.53. The van der Waals surface area contributed by atoms with E-state index in [0.717, 1.165) is 36.8 Å². The van der Waals surface area contributed by atoms with Crippen LogP contribution in [0.15, 0.2) is 23.1 Å². The van der Waals surface area contributed by atoms with Crippen molar-refractivity contribution in [3.63, 3.8) is 0 Å². The monoisotopic (exact) mass is 281 g/mol. The lowest BCUT2D eigenvalue weighted by atomic mass is 10.1. The van der Waals surface area contributed by atoms with Gasteiger partial charge in [0.1, 0.15) is 0 Å². The summed E-state index contributed by atoms with van der Waals surface area (Å²) >= 11 is 1.56. The Balaban J connectivity index is 2.13. The maximum Gasteiger partial charge on any atom is 0.338 e. The molecule has 2 N–H and O–H groups in total.